The minimum Gasteiger partial charge on any atom is -0.502 e. The van der Waals surface area contributed by atoms with Gasteiger partial charge in [-0.25, -0.2) is 8.78 Å². The molecule has 5 heteroatoms. The van der Waals surface area contributed by atoms with Gasteiger partial charge in [-0.1, -0.05) is 30.3 Å². The molecule has 0 fully saturated rings. The number of aliphatic hydroxyl groups excluding tert-OH is 1. The third-order valence-electron chi connectivity index (χ3n) is 3.02. The fourth-order valence-electron chi connectivity index (χ4n) is 2.07. The number of carbonyl (C=O) groups is 1. The van der Waals surface area contributed by atoms with E-state index >= 15 is 0 Å². The lowest BCUT2D eigenvalue weighted by Gasteiger charge is -2.28. The van der Waals surface area contributed by atoms with E-state index in [2.05, 4.69) is 0 Å². The molecule has 0 saturated heterocycles. The first-order chi connectivity index (χ1) is 9.03. The van der Waals surface area contributed by atoms with Gasteiger partial charge in [0, 0.05) is 5.57 Å². The van der Waals surface area contributed by atoms with Gasteiger partial charge in [-0.15, -0.1) is 0 Å². The molecule has 0 spiro atoms. The van der Waals surface area contributed by atoms with Crippen LogP contribution in [0, 0.1) is 0 Å². The van der Waals surface area contributed by atoms with E-state index < -0.39 is 29.2 Å². The van der Waals surface area contributed by atoms with Crippen LogP contribution in [0.4, 0.5) is 8.78 Å². The number of aliphatic hydroxyl groups is 1. The van der Waals surface area contributed by atoms with Crippen LogP contribution in [0.3, 0.4) is 0 Å². The molecule has 3 nitrogen and oxygen atoms in total. The van der Waals surface area contributed by atoms with E-state index in [9.17, 15) is 18.7 Å². The standard InChI is InChI=1S/C14H12F2O3/c1-19-10-7-14(16,8-17)11(12(15)13(10)18)9-5-3-2-4-6-9/h2-6,8,18H,7H2,1H3. The molecule has 1 aromatic carbocycles. The first kappa shape index (κ1) is 13.3. The van der Waals surface area contributed by atoms with Crippen LogP contribution in [0.5, 0.6) is 0 Å². The molecule has 0 aliphatic heterocycles. The molecule has 100 valence electrons. The minimum atomic E-state index is -2.55. The molecule has 1 unspecified atom stereocenters. The van der Waals surface area contributed by atoms with Gasteiger partial charge in [0.2, 0.25) is 5.67 Å². The maximum atomic E-state index is 14.6. The van der Waals surface area contributed by atoms with Crippen molar-refractivity contribution in [2.75, 3.05) is 7.11 Å². The Bertz CT molecular complexity index is 563. The monoisotopic (exact) mass is 266 g/mol. The van der Waals surface area contributed by atoms with E-state index in [1.807, 2.05) is 0 Å². The van der Waals surface area contributed by atoms with E-state index in [-0.39, 0.29) is 17.6 Å². The molecule has 0 saturated carbocycles. The fourth-order valence-corrected chi connectivity index (χ4v) is 2.07. The second-order valence-corrected chi connectivity index (χ2v) is 4.19. The van der Waals surface area contributed by atoms with Crippen LogP contribution in [-0.2, 0) is 9.53 Å². The number of methoxy groups -OCH3 is 1. The molecule has 1 aromatic rings. The number of hydrogen-bond donors (Lipinski definition) is 1. The van der Waals surface area contributed by atoms with Crippen LogP contribution < -0.4 is 0 Å². The van der Waals surface area contributed by atoms with Crippen molar-refractivity contribution in [3.63, 3.8) is 0 Å². The normalized spacial score (nSPS) is 23.5. The van der Waals surface area contributed by atoms with E-state index in [1.54, 1.807) is 18.2 Å². The van der Waals surface area contributed by atoms with Gasteiger partial charge < -0.3 is 9.84 Å². The Morgan fingerprint density at radius 3 is 2.53 bits per heavy atom. The fraction of sp³-hybridized carbons (Fsp3) is 0.214. The highest BCUT2D eigenvalue weighted by atomic mass is 19.1. The number of ether oxygens (including phenoxy) is 1. The zero-order valence-corrected chi connectivity index (χ0v) is 10.2. The quantitative estimate of drug-likeness (QED) is 0.855. The van der Waals surface area contributed by atoms with Crippen molar-refractivity contribution in [3.05, 3.63) is 53.2 Å². The molecule has 2 rings (SSSR count). The lowest BCUT2D eigenvalue weighted by molar-refractivity contribution is -0.115. The van der Waals surface area contributed by atoms with Crippen LogP contribution in [0.2, 0.25) is 0 Å². The number of rotatable bonds is 3. The molecule has 1 atom stereocenters. The zero-order chi connectivity index (χ0) is 14.0. The third-order valence-corrected chi connectivity index (χ3v) is 3.02. The SMILES string of the molecule is COC1=C(O)C(F)=C(c2ccccc2)C(F)(C=O)C1. The van der Waals surface area contributed by atoms with E-state index in [4.69, 9.17) is 4.74 Å². The Labute approximate surface area is 108 Å². The molecule has 0 aromatic heterocycles. The highest BCUT2D eigenvalue weighted by Crippen LogP contribution is 2.44. The van der Waals surface area contributed by atoms with Crippen LogP contribution >= 0.6 is 0 Å². The van der Waals surface area contributed by atoms with Gasteiger partial charge in [0.25, 0.3) is 0 Å². The summed E-state index contributed by atoms with van der Waals surface area (Å²) in [6, 6.07) is 7.80. The van der Waals surface area contributed by atoms with Crippen LogP contribution in [0.1, 0.15) is 12.0 Å². The number of carbonyl (C=O) groups excluding carboxylic acids is 1. The molecule has 0 radical (unpaired) electrons. The Hall–Kier alpha value is -2.17. The molecule has 1 aliphatic rings. The number of aldehydes is 1. The minimum absolute atomic E-state index is 0.0281. The van der Waals surface area contributed by atoms with E-state index in [0.717, 1.165) is 0 Å². The molecule has 0 bridgehead atoms. The zero-order valence-electron chi connectivity index (χ0n) is 10.2. The van der Waals surface area contributed by atoms with E-state index in [1.165, 1.54) is 19.2 Å². The van der Waals surface area contributed by atoms with Crippen molar-refractivity contribution in [2.24, 2.45) is 0 Å². The Morgan fingerprint density at radius 1 is 1.37 bits per heavy atom. The van der Waals surface area contributed by atoms with Crippen molar-refractivity contribution in [2.45, 2.75) is 12.1 Å². The average Bonchev–Trinajstić information content (AvgIpc) is 2.44. The lowest BCUT2D eigenvalue weighted by atomic mass is 9.83. The summed E-state index contributed by atoms with van der Waals surface area (Å²) in [6.07, 6.45) is -0.503. The maximum absolute atomic E-state index is 14.6. The number of halogens is 2. The number of alkyl halides is 1. The average molecular weight is 266 g/mol. The second-order valence-electron chi connectivity index (χ2n) is 4.19. The Kier molecular flexibility index (Phi) is 3.38. The molecule has 0 heterocycles. The Morgan fingerprint density at radius 2 is 2.00 bits per heavy atom. The lowest BCUT2D eigenvalue weighted by Crippen LogP contribution is -2.32. The summed E-state index contributed by atoms with van der Waals surface area (Å²) in [5, 5.41) is 9.64. The van der Waals surface area contributed by atoms with Gasteiger partial charge in [-0.2, -0.15) is 0 Å². The van der Waals surface area contributed by atoms with Crippen molar-refractivity contribution < 1.29 is 23.4 Å². The van der Waals surface area contributed by atoms with Gasteiger partial charge in [-0.05, 0) is 5.56 Å². The molecule has 0 amide bonds. The van der Waals surface area contributed by atoms with Crippen LogP contribution in [-0.4, -0.2) is 24.2 Å². The van der Waals surface area contributed by atoms with Crippen molar-refractivity contribution >= 4 is 11.9 Å². The summed E-state index contributed by atoms with van der Waals surface area (Å²) in [5.41, 5.74) is -2.82. The molecule has 19 heavy (non-hydrogen) atoms. The summed E-state index contributed by atoms with van der Waals surface area (Å²) >= 11 is 0. The van der Waals surface area contributed by atoms with Crippen LogP contribution in [0.25, 0.3) is 5.57 Å². The third kappa shape index (κ3) is 2.12. The van der Waals surface area contributed by atoms with Crippen molar-refractivity contribution in [1.29, 1.82) is 0 Å². The molecule has 1 N–H and O–H groups in total. The van der Waals surface area contributed by atoms with Gasteiger partial charge in [0.15, 0.2) is 17.9 Å². The molecule has 1 aliphatic carbocycles. The van der Waals surface area contributed by atoms with Gasteiger partial charge in [-0.3, -0.25) is 4.79 Å². The van der Waals surface area contributed by atoms with Crippen molar-refractivity contribution in [1.82, 2.24) is 0 Å². The smallest absolute Gasteiger partial charge is 0.201 e. The second kappa shape index (κ2) is 4.84. The van der Waals surface area contributed by atoms with Gasteiger partial charge in [0.05, 0.1) is 13.5 Å². The number of hydrogen-bond acceptors (Lipinski definition) is 3. The Balaban J connectivity index is 2.68. The predicted octanol–water partition coefficient (Wildman–Crippen LogP) is 3.09. The molecular formula is C14H12F2O3. The summed E-state index contributed by atoms with van der Waals surface area (Å²) in [7, 11) is 1.18. The first-order valence-corrected chi connectivity index (χ1v) is 5.61. The number of benzene rings is 1. The number of allylic oxidation sites excluding steroid dienone is 3. The van der Waals surface area contributed by atoms with Gasteiger partial charge in [0.1, 0.15) is 5.76 Å². The maximum Gasteiger partial charge on any atom is 0.201 e. The summed E-state index contributed by atoms with van der Waals surface area (Å²) < 4.78 is 33.5. The topological polar surface area (TPSA) is 46.5 Å². The van der Waals surface area contributed by atoms with Crippen molar-refractivity contribution in [3.8, 4) is 0 Å². The predicted molar refractivity (Wildman–Crippen MR) is 65.7 cm³/mol. The summed E-state index contributed by atoms with van der Waals surface area (Å²) in [5.74, 6) is -2.23. The molecular weight excluding hydrogens is 254 g/mol. The summed E-state index contributed by atoms with van der Waals surface area (Å²) in [6.45, 7) is 0. The largest absolute Gasteiger partial charge is 0.502 e. The van der Waals surface area contributed by atoms with Crippen LogP contribution in [0.15, 0.2) is 47.7 Å². The highest BCUT2D eigenvalue weighted by molar-refractivity contribution is 5.92. The summed E-state index contributed by atoms with van der Waals surface area (Å²) in [4.78, 5) is 11.0. The highest BCUT2D eigenvalue weighted by Gasteiger charge is 2.44. The van der Waals surface area contributed by atoms with E-state index in [0.29, 0.717) is 0 Å². The van der Waals surface area contributed by atoms with Gasteiger partial charge >= 0.3 is 0 Å². The first-order valence-electron chi connectivity index (χ1n) is 5.61.